The van der Waals surface area contributed by atoms with Gasteiger partial charge in [-0.1, -0.05) is 18.2 Å². The lowest BCUT2D eigenvalue weighted by Gasteiger charge is -2.36. The third-order valence-corrected chi connectivity index (χ3v) is 4.16. The summed E-state index contributed by atoms with van der Waals surface area (Å²) in [6.45, 7) is 8.09. The molecule has 2 aromatic rings. The molecule has 0 bridgehead atoms. The monoisotopic (exact) mass is 273 g/mol. The average Bonchev–Trinajstić information content (AvgIpc) is 2.71. The van der Waals surface area contributed by atoms with E-state index in [-0.39, 0.29) is 5.60 Å². The molecule has 1 N–H and O–H groups in total. The third-order valence-electron chi connectivity index (χ3n) is 4.16. The van der Waals surface area contributed by atoms with Gasteiger partial charge in [0.05, 0.1) is 5.60 Å². The van der Waals surface area contributed by atoms with Crippen LogP contribution in [0.2, 0.25) is 0 Å². The molecule has 1 aromatic carbocycles. The van der Waals surface area contributed by atoms with Crippen LogP contribution in [0.3, 0.4) is 0 Å². The molecule has 1 aliphatic heterocycles. The van der Waals surface area contributed by atoms with E-state index in [1.807, 2.05) is 19.1 Å². The first-order valence-electron chi connectivity index (χ1n) is 7.39. The Kier molecular flexibility index (Phi) is 3.57. The molecule has 0 aliphatic carbocycles. The maximum Gasteiger partial charge on any atom is 0.134 e. The number of hydrogen-bond acceptors (Lipinski definition) is 3. The topological polar surface area (TPSA) is 34.4 Å². The van der Waals surface area contributed by atoms with Crippen LogP contribution in [0, 0.1) is 6.92 Å². The normalized spacial score (nSPS) is 22.2. The molecule has 1 saturated heterocycles. The van der Waals surface area contributed by atoms with Gasteiger partial charge in [-0.25, -0.2) is 0 Å². The number of nitrogens with one attached hydrogen (secondary N) is 1. The average molecular weight is 273 g/mol. The summed E-state index contributed by atoms with van der Waals surface area (Å²) in [6.07, 6.45) is 2.14. The molecular weight excluding hydrogens is 250 g/mol. The van der Waals surface area contributed by atoms with E-state index in [1.54, 1.807) is 0 Å². The van der Waals surface area contributed by atoms with E-state index < -0.39 is 0 Å². The van der Waals surface area contributed by atoms with E-state index in [1.165, 1.54) is 10.9 Å². The smallest absolute Gasteiger partial charge is 0.134 e. The fraction of sp³-hybridized carbons (Fsp3) is 0.529. The Morgan fingerprint density at radius 3 is 2.90 bits per heavy atom. The summed E-state index contributed by atoms with van der Waals surface area (Å²) in [5, 5.41) is 4.90. The van der Waals surface area contributed by atoms with E-state index in [2.05, 4.69) is 31.3 Å². The van der Waals surface area contributed by atoms with Gasteiger partial charge in [-0.15, -0.1) is 0 Å². The highest BCUT2D eigenvalue weighted by Crippen LogP contribution is 2.27. The second-order valence-corrected chi connectivity index (χ2v) is 6.31. The molecule has 0 saturated carbocycles. The molecule has 1 aliphatic rings. The number of furan rings is 1. The first-order valence-corrected chi connectivity index (χ1v) is 7.39. The Bertz CT molecular complexity index is 600. The number of rotatable bonds is 3. The van der Waals surface area contributed by atoms with Crippen molar-refractivity contribution in [2.24, 2.45) is 0 Å². The van der Waals surface area contributed by atoms with Crippen LogP contribution in [0.15, 0.2) is 28.7 Å². The molecule has 0 spiro atoms. The summed E-state index contributed by atoms with van der Waals surface area (Å²) in [6, 6.07) is 8.77. The van der Waals surface area contributed by atoms with Gasteiger partial charge >= 0.3 is 0 Å². The number of ether oxygens (including phenoxy) is 1. The van der Waals surface area contributed by atoms with Crippen molar-refractivity contribution in [3.05, 3.63) is 35.6 Å². The molecule has 0 amide bonds. The van der Waals surface area contributed by atoms with Crippen LogP contribution in [0.5, 0.6) is 0 Å². The fourth-order valence-electron chi connectivity index (χ4n) is 3.09. The van der Waals surface area contributed by atoms with Crippen LogP contribution in [0.25, 0.3) is 11.0 Å². The fourth-order valence-corrected chi connectivity index (χ4v) is 3.09. The van der Waals surface area contributed by atoms with Gasteiger partial charge in [0.25, 0.3) is 0 Å². The standard InChI is InChI=1S/C17H23NO2/c1-12-15(14-6-4-5-7-16(14)20-12)11-18-13-8-9-19-17(2,3)10-13/h4-7,13,18H,8-11H2,1-3H3. The molecule has 3 rings (SSSR count). The molecule has 1 atom stereocenters. The van der Waals surface area contributed by atoms with Crippen molar-refractivity contribution in [1.29, 1.82) is 0 Å². The third kappa shape index (κ3) is 2.74. The first-order chi connectivity index (χ1) is 9.55. The summed E-state index contributed by atoms with van der Waals surface area (Å²) < 4.78 is 11.6. The van der Waals surface area contributed by atoms with Gasteiger partial charge < -0.3 is 14.5 Å². The quantitative estimate of drug-likeness (QED) is 0.924. The van der Waals surface area contributed by atoms with Crippen molar-refractivity contribution in [3.8, 4) is 0 Å². The Hall–Kier alpha value is -1.32. The number of benzene rings is 1. The largest absolute Gasteiger partial charge is 0.461 e. The van der Waals surface area contributed by atoms with Crippen LogP contribution in [0.1, 0.15) is 38.0 Å². The van der Waals surface area contributed by atoms with Gasteiger partial charge in [0.2, 0.25) is 0 Å². The number of para-hydroxylation sites is 1. The lowest BCUT2D eigenvalue weighted by Crippen LogP contribution is -2.43. The minimum Gasteiger partial charge on any atom is -0.461 e. The van der Waals surface area contributed by atoms with Crippen LogP contribution >= 0.6 is 0 Å². The molecular formula is C17H23NO2. The van der Waals surface area contributed by atoms with Gasteiger partial charge in [0, 0.05) is 30.1 Å². The molecule has 1 aromatic heterocycles. The van der Waals surface area contributed by atoms with Gasteiger partial charge in [-0.3, -0.25) is 0 Å². The second kappa shape index (κ2) is 5.23. The van der Waals surface area contributed by atoms with Crippen LogP contribution in [-0.4, -0.2) is 18.2 Å². The zero-order chi connectivity index (χ0) is 14.2. The predicted molar refractivity (Wildman–Crippen MR) is 80.8 cm³/mol. The van der Waals surface area contributed by atoms with Crippen LogP contribution in [0.4, 0.5) is 0 Å². The van der Waals surface area contributed by atoms with Crippen LogP contribution < -0.4 is 5.32 Å². The van der Waals surface area contributed by atoms with Crippen molar-refractivity contribution in [1.82, 2.24) is 5.32 Å². The zero-order valence-electron chi connectivity index (χ0n) is 12.5. The molecule has 20 heavy (non-hydrogen) atoms. The molecule has 3 heteroatoms. The lowest BCUT2D eigenvalue weighted by atomic mass is 9.94. The van der Waals surface area contributed by atoms with Crippen molar-refractivity contribution in [3.63, 3.8) is 0 Å². The van der Waals surface area contributed by atoms with Gasteiger partial charge in [-0.2, -0.15) is 0 Å². The summed E-state index contributed by atoms with van der Waals surface area (Å²) in [7, 11) is 0. The minimum atomic E-state index is -0.0105. The van der Waals surface area contributed by atoms with Gasteiger partial charge in [0.1, 0.15) is 11.3 Å². The minimum absolute atomic E-state index is 0.0105. The van der Waals surface area contributed by atoms with Crippen molar-refractivity contribution in [2.75, 3.05) is 6.61 Å². The van der Waals surface area contributed by atoms with Crippen molar-refractivity contribution in [2.45, 2.75) is 51.8 Å². The Balaban J connectivity index is 1.72. The number of fused-ring (bicyclic) bond motifs is 1. The number of aryl methyl sites for hydroxylation is 1. The highest BCUT2D eigenvalue weighted by atomic mass is 16.5. The van der Waals surface area contributed by atoms with Crippen LogP contribution in [-0.2, 0) is 11.3 Å². The molecule has 2 heterocycles. The zero-order valence-corrected chi connectivity index (χ0v) is 12.5. The lowest BCUT2D eigenvalue weighted by molar-refractivity contribution is -0.0630. The molecule has 1 fully saturated rings. The molecule has 1 unspecified atom stereocenters. The van der Waals surface area contributed by atoms with E-state index in [0.717, 1.165) is 37.3 Å². The molecule has 3 nitrogen and oxygen atoms in total. The Labute approximate surface area is 120 Å². The Morgan fingerprint density at radius 2 is 2.10 bits per heavy atom. The second-order valence-electron chi connectivity index (χ2n) is 6.31. The van der Waals surface area contributed by atoms with Crippen molar-refractivity contribution < 1.29 is 9.15 Å². The highest BCUT2D eigenvalue weighted by molar-refractivity contribution is 5.82. The summed E-state index contributed by atoms with van der Waals surface area (Å²) in [4.78, 5) is 0. The van der Waals surface area contributed by atoms with Gasteiger partial charge in [0.15, 0.2) is 0 Å². The Morgan fingerprint density at radius 1 is 1.30 bits per heavy atom. The van der Waals surface area contributed by atoms with Gasteiger partial charge in [-0.05, 0) is 39.7 Å². The van der Waals surface area contributed by atoms with E-state index in [0.29, 0.717) is 6.04 Å². The molecule has 108 valence electrons. The SMILES string of the molecule is Cc1oc2ccccc2c1CNC1CCOC(C)(C)C1. The summed E-state index contributed by atoms with van der Waals surface area (Å²) in [5.74, 6) is 1.02. The van der Waals surface area contributed by atoms with Crippen molar-refractivity contribution >= 4 is 11.0 Å². The maximum absolute atomic E-state index is 5.82. The van der Waals surface area contributed by atoms with E-state index in [4.69, 9.17) is 9.15 Å². The summed E-state index contributed by atoms with van der Waals surface area (Å²) in [5.41, 5.74) is 2.25. The van der Waals surface area contributed by atoms with E-state index in [9.17, 15) is 0 Å². The number of hydrogen-bond donors (Lipinski definition) is 1. The summed E-state index contributed by atoms with van der Waals surface area (Å²) >= 11 is 0. The predicted octanol–water partition coefficient (Wildman–Crippen LogP) is 3.79. The highest BCUT2D eigenvalue weighted by Gasteiger charge is 2.28. The maximum atomic E-state index is 5.82. The molecule has 0 radical (unpaired) electrons. The van der Waals surface area contributed by atoms with E-state index >= 15 is 0 Å². The first kappa shape index (κ1) is 13.7.